The van der Waals surface area contributed by atoms with Crippen LogP contribution in [-0.4, -0.2) is 58.4 Å². The first-order valence-electron chi connectivity index (χ1n) is 9.87. The molecule has 5 rings (SSSR count). The molecule has 2 unspecified atom stereocenters. The molecule has 3 aliphatic heterocycles. The quantitative estimate of drug-likeness (QED) is 0.806. The highest BCUT2D eigenvalue weighted by Crippen LogP contribution is 2.34. The molecular formula is C21H26N6O2. The van der Waals surface area contributed by atoms with Crippen LogP contribution in [0.1, 0.15) is 24.6 Å². The Morgan fingerprint density at radius 3 is 2.28 bits per heavy atom. The summed E-state index contributed by atoms with van der Waals surface area (Å²) in [5.41, 5.74) is 3.57. The SMILES string of the molecule is CC(=O)Nc1ccc(NC(=O)CN2C3CC2CN(c2ncnc(C)c2C)C3)cc1. The van der Waals surface area contributed by atoms with Crippen molar-refractivity contribution in [1.82, 2.24) is 14.9 Å². The molecule has 8 heteroatoms. The van der Waals surface area contributed by atoms with Gasteiger partial charge in [0.25, 0.3) is 0 Å². The van der Waals surface area contributed by atoms with Crippen molar-refractivity contribution in [2.24, 2.45) is 0 Å². The highest BCUT2D eigenvalue weighted by Gasteiger charge is 2.45. The number of hydrogen-bond donors (Lipinski definition) is 2. The van der Waals surface area contributed by atoms with Gasteiger partial charge in [-0.25, -0.2) is 9.97 Å². The third-order valence-electron chi connectivity index (χ3n) is 5.77. The van der Waals surface area contributed by atoms with Crippen LogP contribution < -0.4 is 15.5 Å². The molecule has 3 saturated heterocycles. The van der Waals surface area contributed by atoms with Crippen LogP contribution in [0.2, 0.25) is 0 Å². The van der Waals surface area contributed by atoms with E-state index in [4.69, 9.17) is 0 Å². The van der Waals surface area contributed by atoms with Crippen molar-refractivity contribution in [3.8, 4) is 0 Å². The standard InChI is InChI=1S/C21H26N6O2/c1-13-14(2)22-12-23-21(13)26-9-18-8-19(10-26)27(18)11-20(29)25-17-6-4-16(5-7-17)24-15(3)28/h4-7,12,18-19H,8-11H2,1-3H3,(H,24,28)(H,25,29). The summed E-state index contributed by atoms with van der Waals surface area (Å²) in [6.07, 6.45) is 2.75. The molecule has 4 heterocycles. The van der Waals surface area contributed by atoms with E-state index < -0.39 is 0 Å². The summed E-state index contributed by atoms with van der Waals surface area (Å²) in [6.45, 7) is 7.68. The zero-order valence-corrected chi connectivity index (χ0v) is 17.0. The molecule has 152 valence electrons. The highest BCUT2D eigenvalue weighted by molar-refractivity contribution is 5.93. The molecular weight excluding hydrogens is 368 g/mol. The fraction of sp³-hybridized carbons (Fsp3) is 0.429. The number of fused-ring (bicyclic) bond motifs is 2. The Morgan fingerprint density at radius 1 is 1.03 bits per heavy atom. The average Bonchev–Trinajstić information content (AvgIpc) is 2.69. The maximum atomic E-state index is 12.5. The second-order valence-electron chi connectivity index (χ2n) is 7.84. The molecule has 2 N–H and O–H groups in total. The Bertz CT molecular complexity index is 917. The van der Waals surface area contributed by atoms with Gasteiger partial charge in [0, 0.05) is 54.7 Å². The Labute approximate surface area is 170 Å². The van der Waals surface area contributed by atoms with E-state index >= 15 is 0 Å². The highest BCUT2D eigenvalue weighted by atomic mass is 16.2. The first-order chi connectivity index (χ1) is 13.9. The summed E-state index contributed by atoms with van der Waals surface area (Å²) in [6, 6.07) is 7.88. The first kappa shape index (κ1) is 19.3. The molecule has 2 bridgehead atoms. The van der Waals surface area contributed by atoms with E-state index in [0.717, 1.165) is 42.3 Å². The van der Waals surface area contributed by atoms with Gasteiger partial charge in [0.2, 0.25) is 11.8 Å². The smallest absolute Gasteiger partial charge is 0.238 e. The number of amides is 2. The second kappa shape index (κ2) is 7.79. The minimum absolute atomic E-state index is 0.0190. The fourth-order valence-corrected chi connectivity index (χ4v) is 4.17. The van der Waals surface area contributed by atoms with Crippen molar-refractivity contribution >= 4 is 29.0 Å². The molecule has 1 aromatic carbocycles. The van der Waals surface area contributed by atoms with Gasteiger partial charge in [0.15, 0.2) is 0 Å². The van der Waals surface area contributed by atoms with Crippen molar-refractivity contribution in [3.05, 3.63) is 41.9 Å². The largest absolute Gasteiger partial charge is 0.353 e. The van der Waals surface area contributed by atoms with Crippen molar-refractivity contribution in [1.29, 1.82) is 0 Å². The lowest BCUT2D eigenvalue weighted by Crippen LogP contribution is -2.70. The van der Waals surface area contributed by atoms with E-state index in [2.05, 4.69) is 37.3 Å². The summed E-state index contributed by atoms with van der Waals surface area (Å²) in [7, 11) is 0. The van der Waals surface area contributed by atoms with Crippen LogP contribution in [0.5, 0.6) is 0 Å². The first-order valence-corrected chi connectivity index (χ1v) is 9.87. The zero-order chi connectivity index (χ0) is 20.5. The number of aromatic nitrogens is 2. The lowest BCUT2D eigenvalue weighted by Gasteiger charge is -2.56. The van der Waals surface area contributed by atoms with Crippen molar-refractivity contribution in [2.75, 3.05) is 35.2 Å². The molecule has 3 fully saturated rings. The van der Waals surface area contributed by atoms with E-state index in [-0.39, 0.29) is 11.8 Å². The monoisotopic (exact) mass is 394 g/mol. The van der Waals surface area contributed by atoms with Crippen molar-refractivity contribution in [2.45, 2.75) is 39.3 Å². The predicted molar refractivity (Wildman–Crippen MR) is 112 cm³/mol. The van der Waals surface area contributed by atoms with Crippen LogP contribution in [0.4, 0.5) is 17.2 Å². The molecule has 2 atom stereocenters. The Morgan fingerprint density at radius 2 is 1.66 bits per heavy atom. The topological polar surface area (TPSA) is 90.5 Å². The van der Waals surface area contributed by atoms with E-state index in [9.17, 15) is 9.59 Å². The van der Waals surface area contributed by atoms with Gasteiger partial charge >= 0.3 is 0 Å². The number of piperazine rings is 1. The second-order valence-corrected chi connectivity index (χ2v) is 7.84. The minimum Gasteiger partial charge on any atom is -0.353 e. The van der Waals surface area contributed by atoms with Crippen LogP contribution in [-0.2, 0) is 9.59 Å². The molecule has 0 aliphatic carbocycles. The van der Waals surface area contributed by atoms with Gasteiger partial charge in [-0.2, -0.15) is 0 Å². The molecule has 8 nitrogen and oxygen atoms in total. The molecule has 29 heavy (non-hydrogen) atoms. The van der Waals surface area contributed by atoms with Gasteiger partial charge < -0.3 is 15.5 Å². The van der Waals surface area contributed by atoms with E-state index in [1.54, 1.807) is 30.6 Å². The molecule has 0 spiro atoms. The number of anilines is 3. The van der Waals surface area contributed by atoms with Gasteiger partial charge in [-0.3, -0.25) is 14.5 Å². The van der Waals surface area contributed by atoms with Gasteiger partial charge in [-0.1, -0.05) is 0 Å². The third kappa shape index (κ3) is 4.07. The average molecular weight is 394 g/mol. The van der Waals surface area contributed by atoms with Crippen LogP contribution in [0.3, 0.4) is 0 Å². The summed E-state index contributed by atoms with van der Waals surface area (Å²) in [5, 5.41) is 5.66. The molecule has 1 aromatic heterocycles. The normalized spacial score (nSPS) is 20.7. The predicted octanol–water partition coefficient (Wildman–Crippen LogP) is 1.95. The van der Waals surface area contributed by atoms with E-state index in [0.29, 0.717) is 24.3 Å². The lowest BCUT2D eigenvalue weighted by molar-refractivity contribution is -0.121. The van der Waals surface area contributed by atoms with Crippen molar-refractivity contribution in [3.63, 3.8) is 0 Å². The molecule has 3 aliphatic rings. The van der Waals surface area contributed by atoms with Crippen LogP contribution in [0, 0.1) is 13.8 Å². The van der Waals surface area contributed by atoms with Gasteiger partial charge in [0.05, 0.1) is 6.54 Å². The van der Waals surface area contributed by atoms with Gasteiger partial charge in [-0.05, 0) is 44.5 Å². The Balaban J connectivity index is 1.32. The molecule has 0 radical (unpaired) electrons. The number of rotatable bonds is 5. The number of carbonyl (C=O) groups is 2. The summed E-state index contributed by atoms with van der Waals surface area (Å²) >= 11 is 0. The summed E-state index contributed by atoms with van der Waals surface area (Å²) < 4.78 is 0. The van der Waals surface area contributed by atoms with Crippen LogP contribution in [0.25, 0.3) is 0 Å². The lowest BCUT2D eigenvalue weighted by atomic mass is 9.87. The maximum Gasteiger partial charge on any atom is 0.238 e. The van der Waals surface area contributed by atoms with Crippen LogP contribution >= 0.6 is 0 Å². The molecule has 0 saturated carbocycles. The number of benzene rings is 1. The maximum absolute atomic E-state index is 12.5. The van der Waals surface area contributed by atoms with E-state index in [1.807, 2.05) is 6.92 Å². The molecule has 2 amide bonds. The number of nitrogens with zero attached hydrogens (tertiary/aromatic N) is 4. The number of carbonyl (C=O) groups excluding carboxylic acids is 2. The van der Waals surface area contributed by atoms with Crippen molar-refractivity contribution < 1.29 is 9.59 Å². The number of nitrogens with one attached hydrogen (secondary N) is 2. The number of piperidine rings is 1. The third-order valence-corrected chi connectivity index (χ3v) is 5.77. The fourth-order valence-electron chi connectivity index (χ4n) is 4.17. The Kier molecular flexibility index (Phi) is 5.19. The summed E-state index contributed by atoms with van der Waals surface area (Å²) in [5.74, 6) is 0.873. The summed E-state index contributed by atoms with van der Waals surface area (Å²) in [4.78, 5) is 36.9. The van der Waals surface area contributed by atoms with Gasteiger partial charge in [-0.15, -0.1) is 0 Å². The Hall–Kier alpha value is -3.00. The molecule has 2 aromatic rings. The number of aryl methyl sites for hydroxylation is 1. The van der Waals surface area contributed by atoms with Gasteiger partial charge in [0.1, 0.15) is 12.1 Å². The zero-order valence-electron chi connectivity index (χ0n) is 17.0. The number of hydrogen-bond acceptors (Lipinski definition) is 6. The van der Waals surface area contributed by atoms with E-state index in [1.165, 1.54) is 6.92 Å². The minimum atomic E-state index is -0.118. The van der Waals surface area contributed by atoms with Crippen LogP contribution in [0.15, 0.2) is 30.6 Å².